The molecule has 216 valence electrons. The van der Waals surface area contributed by atoms with Crippen LogP contribution in [0.4, 0.5) is 4.39 Å². The van der Waals surface area contributed by atoms with Gasteiger partial charge in [-0.3, -0.25) is 14.5 Å². The van der Waals surface area contributed by atoms with Crippen molar-refractivity contribution in [1.29, 1.82) is 0 Å². The number of rotatable bonds is 8. The summed E-state index contributed by atoms with van der Waals surface area (Å²) < 4.78 is 21.8. The number of carboxylic acids is 1. The highest BCUT2D eigenvalue weighted by Gasteiger charge is 2.55. The number of hydrogen-bond donors (Lipinski definition) is 3. The van der Waals surface area contributed by atoms with Gasteiger partial charge in [-0.05, 0) is 72.7 Å². The third-order valence-corrected chi connectivity index (χ3v) is 8.86. The van der Waals surface area contributed by atoms with E-state index < -0.39 is 41.5 Å². The number of nitrogens with zero attached hydrogens (tertiary/aromatic N) is 1. The van der Waals surface area contributed by atoms with Gasteiger partial charge in [-0.25, -0.2) is 4.39 Å². The van der Waals surface area contributed by atoms with E-state index in [1.807, 2.05) is 0 Å². The molecule has 0 saturated carbocycles. The molecule has 0 radical (unpaired) electrons. The number of carboxylic acid groups (broad SMARTS) is 1. The molecule has 7 nitrogen and oxygen atoms in total. The van der Waals surface area contributed by atoms with Crippen LogP contribution in [-0.4, -0.2) is 45.3 Å². The van der Waals surface area contributed by atoms with Crippen LogP contribution in [0, 0.1) is 11.7 Å². The molecule has 3 aromatic carbocycles. The summed E-state index contributed by atoms with van der Waals surface area (Å²) in [5.74, 6) is -3.12. The first-order chi connectivity index (χ1) is 19.5. The molecule has 2 heterocycles. The van der Waals surface area contributed by atoms with Gasteiger partial charge in [-0.1, -0.05) is 54.4 Å². The Bertz CT molecular complexity index is 1460. The van der Waals surface area contributed by atoms with Crippen LogP contribution < -0.4 is 0 Å². The van der Waals surface area contributed by atoms with Gasteiger partial charge in [-0.2, -0.15) is 0 Å². The zero-order valence-corrected chi connectivity index (χ0v) is 23.8. The van der Waals surface area contributed by atoms with E-state index in [0.29, 0.717) is 41.7 Å². The van der Waals surface area contributed by atoms with Crippen molar-refractivity contribution in [1.82, 2.24) is 4.90 Å². The lowest BCUT2D eigenvalue weighted by molar-refractivity contribution is -0.140. The van der Waals surface area contributed by atoms with Crippen LogP contribution in [0.1, 0.15) is 71.3 Å². The summed E-state index contributed by atoms with van der Waals surface area (Å²) in [5.41, 5.74) is -3.56. The van der Waals surface area contributed by atoms with Gasteiger partial charge >= 0.3 is 5.97 Å². The van der Waals surface area contributed by atoms with E-state index in [1.165, 1.54) is 36.4 Å². The van der Waals surface area contributed by atoms with Crippen LogP contribution in [-0.2, 0) is 20.9 Å². The minimum atomic E-state index is -2.39. The number of carbonyl (C=O) groups is 2. The molecule has 0 bridgehead atoms. The van der Waals surface area contributed by atoms with Crippen LogP contribution in [0.5, 0.6) is 0 Å². The fourth-order valence-electron chi connectivity index (χ4n) is 6.22. The minimum absolute atomic E-state index is 0.125. The standard InChI is InChI=1S/C31H30Cl2FNO6/c1-2-30(39,19-11-13-41-14-12-19)21-15-24-28(25(34)16-21)31(40,20-5-9-23(33)10-6-20)35(29(24)38)26(17-27(36)37)18-3-7-22(32)8-4-18/h3-10,15-16,19,26,39-40H,2,11-14,17H2,1H3,(H,36,37)/t26-,30-,31?/m0/s1. The fraction of sp³-hybridized carbons (Fsp3) is 0.355. The number of aliphatic hydroxyl groups is 2. The lowest BCUT2D eigenvalue weighted by Crippen LogP contribution is -2.47. The van der Waals surface area contributed by atoms with Crippen LogP contribution in [0.3, 0.4) is 0 Å². The maximum atomic E-state index is 16.3. The van der Waals surface area contributed by atoms with Gasteiger partial charge in [0, 0.05) is 28.8 Å². The van der Waals surface area contributed by atoms with Crippen molar-refractivity contribution in [2.24, 2.45) is 5.92 Å². The highest BCUT2D eigenvalue weighted by atomic mass is 35.5. The van der Waals surface area contributed by atoms with Gasteiger partial charge in [-0.15, -0.1) is 0 Å². The second kappa shape index (κ2) is 11.3. The second-order valence-corrected chi connectivity index (χ2v) is 11.4. The molecular weight excluding hydrogens is 572 g/mol. The van der Waals surface area contributed by atoms with Crippen molar-refractivity contribution in [3.63, 3.8) is 0 Å². The molecule has 2 aliphatic rings. The highest BCUT2D eigenvalue weighted by molar-refractivity contribution is 6.30. The third-order valence-electron chi connectivity index (χ3n) is 8.35. The molecular formula is C31H30Cl2FNO6. The maximum Gasteiger partial charge on any atom is 0.305 e. The molecule has 0 aliphatic carbocycles. The number of hydrogen-bond acceptors (Lipinski definition) is 5. The van der Waals surface area contributed by atoms with E-state index in [1.54, 1.807) is 31.2 Å². The summed E-state index contributed by atoms with van der Waals surface area (Å²) in [4.78, 5) is 27.3. The Labute approximate surface area is 247 Å². The lowest BCUT2D eigenvalue weighted by Gasteiger charge is -2.40. The third kappa shape index (κ3) is 5.13. The summed E-state index contributed by atoms with van der Waals surface area (Å²) in [5, 5.41) is 34.9. The number of benzene rings is 3. The molecule has 1 unspecified atom stereocenters. The van der Waals surface area contributed by atoms with Gasteiger partial charge in [0.05, 0.1) is 29.2 Å². The molecule has 1 fully saturated rings. The van der Waals surface area contributed by atoms with Crippen LogP contribution in [0.25, 0.3) is 0 Å². The first kappa shape index (κ1) is 29.5. The first-order valence-electron chi connectivity index (χ1n) is 13.4. The van der Waals surface area contributed by atoms with E-state index in [4.69, 9.17) is 27.9 Å². The maximum absolute atomic E-state index is 16.3. The van der Waals surface area contributed by atoms with Crippen molar-refractivity contribution in [3.05, 3.63) is 104 Å². The highest BCUT2D eigenvalue weighted by Crippen LogP contribution is 2.50. The number of aliphatic carboxylic acids is 1. The van der Waals surface area contributed by atoms with Gasteiger partial charge < -0.3 is 20.1 Å². The Balaban J connectivity index is 1.73. The molecule has 2 aliphatic heterocycles. The molecule has 0 aromatic heterocycles. The van der Waals surface area contributed by atoms with Crippen molar-refractivity contribution in [2.45, 2.75) is 50.0 Å². The molecule has 1 saturated heterocycles. The molecule has 41 heavy (non-hydrogen) atoms. The molecule has 5 rings (SSSR count). The molecule has 0 spiro atoms. The van der Waals surface area contributed by atoms with Gasteiger partial charge in [0.25, 0.3) is 5.91 Å². The Morgan fingerprint density at radius 1 is 1.10 bits per heavy atom. The number of fused-ring (bicyclic) bond motifs is 1. The smallest absolute Gasteiger partial charge is 0.305 e. The van der Waals surface area contributed by atoms with Gasteiger partial charge in [0.15, 0.2) is 5.72 Å². The topological polar surface area (TPSA) is 107 Å². The van der Waals surface area contributed by atoms with Crippen molar-refractivity contribution >= 4 is 35.1 Å². The number of halogens is 3. The Kier molecular flexibility index (Phi) is 8.16. The van der Waals surface area contributed by atoms with Crippen molar-refractivity contribution < 1.29 is 34.0 Å². The van der Waals surface area contributed by atoms with Crippen molar-refractivity contribution in [3.8, 4) is 0 Å². The lowest BCUT2D eigenvalue weighted by atomic mass is 9.74. The molecule has 3 atom stereocenters. The second-order valence-electron chi connectivity index (χ2n) is 10.6. The van der Waals surface area contributed by atoms with Crippen LogP contribution >= 0.6 is 23.2 Å². The average molecular weight is 602 g/mol. The summed E-state index contributed by atoms with van der Waals surface area (Å²) in [7, 11) is 0. The van der Waals surface area contributed by atoms with Crippen LogP contribution in [0.15, 0.2) is 60.7 Å². The number of ether oxygens (including phenoxy) is 1. The molecule has 3 N–H and O–H groups in total. The predicted octanol–water partition coefficient (Wildman–Crippen LogP) is 6.02. The zero-order chi connectivity index (χ0) is 29.5. The summed E-state index contributed by atoms with van der Waals surface area (Å²) in [6.45, 7) is 2.71. The summed E-state index contributed by atoms with van der Waals surface area (Å²) >= 11 is 12.2. The quantitative estimate of drug-likeness (QED) is 0.291. The van der Waals surface area contributed by atoms with E-state index in [9.17, 15) is 24.9 Å². The van der Waals surface area contributed by atoms with E-state index in [-0.39, 0.29) is 34.6 Å². The molecule has 10 heteroatoms. The number of amides is 1. The Hall–Kier alpha value is -3.01. The van der Waals surface area contributed by atoms with Gasteiger partial charge in [0.1, 0.15) is 5.82 Å². The molecule has 3 aromatic rings. The molecule has 1 amide bonds. The SMILES string of the molecule is CC[C@@](O)(c1cc(F)c2c(c1)C(=O)N([C@@H](CC(=O)O)c1ccc(Cl)cc1)C2(O)c1ccc(Cl)cc1)C1CCOCC1. The average Bonchev–Trinajstić information content (AvgIpc) is 3.19. The normalized spacial score (nSPS) is 21.4. The summed E-state index contributed by atoms with van der Waals surface area (Å²) in [6.07, 6.45) is 0.818. The summed E-state index contributed by atoms with van der Waals surface area (Å²) in [6, 6.07) is 13.6. The first-order valence-corrected chi connectivity index (χ1v) is 14.2. The monoisotopic (exact) mass is 601 g/mol. The van der Waals surface area contributed by atoms with E-state index >= 15 is 4.39 Å². The Morgan fingerprint density at radius 3 is 2.24 bits per heavy atom. The minimum Gasteiger partial charge on any atom is -0.481 e. The van der Waals surface area contributed by atoms with E-state index in [0.717, 1.165) is 4.90 Å². The number of carbonyl (C=O) groups excluding carboxylic acids is 1. The Morgan fingerprint density at radius 2 is 1.68 bits per heavy atom. The fourth-order valence-corrected chi connectivity index (χ4v) is 6.47. The van der Waals surface area contributed by atoms with Crippen molar-refractivity contribution in [2.75, 3.05) is 13.2 Å². The van der Waals surface area contributed by atoms with Gasteiger partial charge in [0.2, 0.25) is 0 Å². The van der Waals surface area contributed by atoms with Crippen LogP contribution in [0.2, 0.25) is 10.0 Å². The largest absolute Gasteiger partial charge is 0.481 e. The predicted molar refractivity (Wildman–Crippen MR) is 151 cm³/mol. The van der Waals surface area contributed by atoms with E-state index in [2.05, 4.69) is 0 Å². The zero-order valence-electron chi connectivity index (χ0n) is 22.3.